The van der Waals surface area contributed by atoms with Crippen molar-refractivity contribution in [1.82, 2.24) is 0 Å². The molecule has 0 saturated heterocycles. The molecular formula is C40H40Cl2SiZr. The molecule has 0 atom stereocenters. The number of aryl methyl sites for hydroxylation is 4. The van der Waals surface area contributed by atoms with Crippen LogP contribution in [0.5, 0.6) is 0 Å². The van der Waals surface area contributed by atoms with Gasteiger partial charge in [-0.3, -0.25) is 0 Å². The van der Waals surface area contributed by atoms with Gasteiger partial charge in [0.1, 0.15) is 0 Å². The van der Waals surface area contributed by atoms with Crippen LogP contribution in [0.25, 0.3) is 43.8 Å². The van der Waals surface area contributed by atoms with Gasteiger partial charge < -0.3 is 0 Å². The van der Waals surface area contributed by atoms with E-state index in [0.29, 0.717) is 0 Å². The van der Waals surface area contributed by atoms with E-state index in [2.05, 4.69) is 111 Å². The average molecular weight is 711 g/mol. The van der Waals surface area contributed by atoms with Crippen molar-refractivity contribution in [2.75, 3.05) is 0 Å². The van der Waals surface area contributed by atoms with Crippen molar-refractivity contribution in [2.24, 2.45) is 0 Å². The topological polar surface area (TPSA) is 0 Å². The molecule has 2 aliphatic carbocycles. The molecule has 222 valence electrons. The summed E-state index contributed by atoms with van der Waals surface area (Å²) in [5, 5.41) is 5.70. The predicted molar refractivity (Wildman–Crippen MR) is 193 cm³/mol. The van der Waals surface area contributed by atoms with Crippen LogP contribution in [0.1, 0.15) is 46.2 Å². The standard InChI is InChI=1S/2C19H17.C2H6Cl2Si.Zr/c2*1-13-10-16-12-15-8-5-9-17(15)19(18(16)11-13)14-6-3-2-4-7-14;1-5(2,3)4;/h2*2-4,6-7,10-12H,5,8-9H2,1H3;1-2H3;/q2*-1;;+2. The molecule has 0 amide bonds. The van der Waals surface area contributed by atoms with Crippen molar-refractivity contribution in [3.63, 3.8) is 0 Å². The first-order valence-corrected chi connectivity index (χ1v) is 20.6. The van der Waals surface area contributed by atoms with Crippen molar-refractivity contribution >= 4 is 50.4 Å². The van der Waals surface area contributed by atoms with E-state index in [1.165, 1.54) is 93.5 Å². The molecule has 0 bridgehead atoms. The zero-order chi connectivity index (χ0) is 30.1. The van der Waals surface area contributed by atoms with Gasteiger partial charge in [-0.2, -0.15) is 12.1 Å². The van der Waals surface area contributed by atoms with E-state index in [-0.39, 0.29) is 26.2 Å². The Kier molecular flexibility index (Phi) is 10.6. The molecule has 0 unspecified atom stereocenters. The molecule has 6 aromatic carbocycles. The normalized spacial score (nSPS) is 13.4. The van der Waals surface area contributed by atoms with E-state index in [4.69, 9.17) is 22.2 Å². The van der Waals surface area contributed by atoms with E-state index in [9.17, 15) is 0 Å². The van der Waals surface area contributed by atoms with Gasteiger partial charge in [0.15, 0.2) is 0 Å². The van der Waals surface area contributed by atoms with Gasteiger partial charge >= 0.3 is 26.2 Å². The summed E-state index contributed by atoms with van der Waals surface area (Å²) in [4.78, 5) is 0. The van der Waals surface area contributed by atoms with Gasteiger partial charge in [-0.15, -0.1) is 79.1 Å². The van der Waals surface area contributed by atoms with Crippen LogP contribution in [0, 0.1) is 13.8 Å². The quantitative estimate of drug-likeness (QED) is 0.0953. The van der Waals surface area contributed by atoms with Crippen molar-refractivity contribution in [3.8, 4) is 22.3 Å². The molecule has 6 aromatic rings. The first kappa shape index (κ1) is 33.2. The van der Waals surface area contributed by atoms with Crippen LogP contribution in [0.4, 0.5) is 0 Å². The van der Waals surface area contributed by atoms with Crippen LogP contribution in [-0.2, 0) is 51.9 Å². The number of fused-ring (bicyclic) bond motifs is 4. The fraction of sp³-hybridized carbons (Fsp3) is 0.250. The van der Waals surface area contributed by atoms with Gasteiger partial charge in [0.05, 0.1) is 0 Å². The Balaban J connectivity index is 0.000000149. The Morgan fingerprint density at radius 2 is 0.932 bits per heavy atom. The second-order valence-electron chi connectivity index (χ2n) is 12.6. The number of benzene rings is 4. The van der Waals surface area contributed by atoms with Crippen LogP contribution in [0.15, 0.2) is 97.1 Å². The summed E-state index contributed by atoms with van der Waals surface area (Å²) in [5.41, 5.74) is 14.8. The molecule has 0 aromatic heterocycles. The van der Waals surface area contributed by atoms with Crippen LogP contribution in [0.3, 0.4) is 0 Å². The van der Waals surface area contributed by atoms with Crippen molar-refractivity contribution < 1.29 is 26.2 Å². The molecule has 0 fully saturated rings. The summed E-state index contributed by atoms with van der Waals surface area (Å²) in [7, 11) is 0. The molecule has 0 heterocycles. The number of hydrogen-bond donors (Lipinski definition) is 0. The third-order valence-corrected chi connectivity index (χ3v) is 8.58. The second kappa shape index (κ2) is 14.0. The molecule has 0 nitrogen and oxygen atoms in total. The molecule has 2 aliphatic rings. The van der Waals surface area contributed by atoms with Gasteiger partial charge in [-0.1, -0.05) is 108 Å². The second-order valence-corrected chi connectivity index (χ2v) is 21.5. The molecule has 0 aliphatic heterocycles. The Morgan fingerprint density at radius 1 is 0.568 bits per heavy atom. The van der Waals surface area contributed by atoms with Crippen LogP contribution in [0.2, 0.25) is 13.1 Å². The summed E-state index contributed by atoms with van der Waals surface area (Å²) in [6.07, 6.45) is 7.58. The van der Waals surface area contributed by atoms with Crippen LogP contribution < -0.4 is 0 Å². The summed E-state index contributed by atoms with van der Waals surface area (Å²) in [5.74, 6) is 0. The van der Waals surface area contributed by atoms with E-state index in [1.807, 2.05) is 13.1 Å². The van der Waals surface area contributed by atoms with Gasteiger partial charge in [0.25, 0.3) is 0 Å². The first-order chi connectivity index (χ1) is 20.7. The summed E-state index contributed by atoms with van der Waals surface area (Å²) < 4.78 is 0. The van der Waals surface area contributed by atoms with Gasteiger partial charge in [-0.25, -0.2) is 0 Å². The fourth-order valence-corrected chi connectivity index (χ4v) is 7.02. The fourth-order valence-electron chi connectivity index (χ4n) is 7.02. The smallest absolute Gasteiger partial charge is 0.165 e. The summed E-state index contributed by atoms with van der Waals surface area (Å²) in [6, 6.07) is 35.9. The minimum Gasteiger partial charge on any atom is -0.165 e. The minimum absolute atomic E-state index is 0. The maximum Gasteiger partial charge on any atom is 2.00 e. The zero-order valence-corrected chi connectivity index (χ0v) is 31.2. The van der Waals surface area contributed by atoms with Gasteiger partial charge in [0, 0.05) is 0 Å². The van der Waals surface area contributed by atoms with Crippen molar-refractivity contribution in [2.45, 2.75) is 65.5 Å². The molecule has 0 spiro atoms. The third kappa shape index (κ3) is 7.42. The van der Waals surface area contributed by atoms with Crippen LogP contribution in [-0.4, -0.2) is 6.69 Å². The monoisotopic (exact) mass is 708 g/mol. The molecule has 0 radical (unpaired) electrons. The molecule has 44 heavy (non-hydrogen) atoms. The Hall–Kier alpha value is -2.22. The van der Waals surface area contributed by atoms with Gasteiger partial charge in [0.2, 0.25) is 6.69 Å². The van der Waals surface area contributed by atoms with E-state index in [1.54, 1.807) is 22.3 Å². The summed E-state index contributed by atoms with van der Waals surface area (Å²) >= 11 is 10.9. The Bertz CT molecular complexity index is 1730. The SMILES string of the molecule is C[Si](C)(Cl)Cl.Cc1cc2c(-c3ccccc3)c3c(cc2[cH-]1)CCC3.Cc1cc2c(-c3ccccc3)c3c(cc2[cH-]1)CCC3.[Zr+2]. The number of rotatable bonds is 2. The Morgan fingerprint density at radius 3 is 1.30 bits per heavy atom. The number of hydrogen-bond acceptors (Lipinski definition) is 0. The molecule has 4 heteroatoms. The maximum atomic E-state index is 5.43. The Labute approximate surface area is 292 Å². The molecular weight excluding hydrogens is 671 g/mol. The van der Waals surface area contributed by atoms with E-state index < -0.39 is 6.69 Å². The van der Waals surface area contributed by atoms with Gasteiger partial charge in [-0.05, 0) is 62.7 Å². The van der Waals surface area contributed by atoms with E-state index in [0.717, 1.165) is 0 Å². The zero-order valence-electron chi connectivity index (χ0n) is 26.2. The number of halogens is 2. The first-order valence-electron chi connectivity index (χ1n) is 15.6. The molecule has 0 saturated carbocycles. The van der Waals surface area contributed by atoms with Crippen molar-refractivity contribution in [1.29, 1.82) is 0 Å². The average Bonchev–Trinajstić information content (AvgIpc) is 3.76. The third-order valence-electron chi connectivity index (χ3n) is 8.58. The summed E-state index contributed by atoms with van der Waals surface area (Å²) in [6.45, 7) is 6.44. The largest absolute Gasteiger partial charge is 2.00 e. The predicted octanol–water partition coefficient (Wildman–Crippen LogP) is 12.2. The van der Waals surface area contributed by atoms with E-state index >= 15 is 0 Å². The molecule has 8 rings (SSSR count). The van der Waals surface area contributed by atoms with Crippen molar-refractivity contribution in [3.05, 3.63) is 130 Å². The van der Waals surface area contributed by atoms with Crippen LogP contribution >= 0.6 is 22.2 Å². The maximum absolute atomic E-state index is 5.43. The minimum atomic E-state index is -1.67. The molecule has 0 N–H and O–H groups in total.